The van der Waals surface area contributed by atoms with Gasteiger partial charge in [-0.1, -0.05) is 6.92 Å². The molecule has 0 spiro atoms. The third kappa shape index (κ3) is 11.2. The molecule has 1 aliphatic rings. The lowest BCUT2D eigenvalue weighted by molar-refractivity contribution is -0.139. The molecule has 256 valence electrons. The van der Waals surface area contributed by atoms with Crippen LogP contribution in [0.15, 0.2) is 34.7 Å². The highest BCUT2D eigenvalue weighted by molar-refractivity contribution is 6.00. The first-order chi connectivity index (χ1) is 21.7. The number of allylic oxidation sites excluding steroid dienone is 1. The maximum Gasteiger partial charge on any atom is 0.336 e. The van der Waals surface area contributed by atoms with Crippen molar-refractivity contribution in [3.05, 3.63) is 69.3 Å². The fraction of sp³-hybridized carbons (Fsp3) is 0.448. The minimum atomic E-state index is -2.38. The van der Waals surface area contributed by atoms with Crippen LogP contribution in [-0.2, 0) is 38.1 Å². The van der Waals surface area contributed by atoms with Gasteiger partial charge in [-0.3, -0.25) is 0 Å². The Morgan fingerprint density at radius 2 is 1.35 bits per heavy atom. The Kier molecular flexibility index (Phi) is 17.2. The molecule has 0 aliphatic carbocycles. The van der Waals surface area contributed by atoms with Gasteiger partial charge in [-0.2, -0.15) is 0 Å². The van der Waals surface area contributed by atoms with Crippen molar-refractivity contribution in [1.82, 2.24) is 10.6 Å². The third-order valence-electron chi connectivity index (χ3n) is 5.91. The van der Waals surface area contributed by atoms with Gasteiger partial charge in [-0.15, -0.1) is 0 Å². The topological polar surface area (TPSA) is 170 Å². The third-order valence-corrected chi connectivity index (χ3v) is 5.91. The summed E-state index contributed by atoms with van der Waals surface area (Å²) in [6, 6.07) is 0. The number of carboxylic acid groups (broad SMARTS) is 2. The zero-order valence-electron chi connectivity index (χ0n) is 25.4. The maximum absolute atomic E-state index is 15.0. The molecule has 0 saturated heterocycles. The summed E-state index contributed by atoms with van der Waals surface area (Å²) in [6.45, 7) is 6.39. The highest BCUT2D eigenvalue weighted by Crippen LogP contribution is 2.43. The van der Waals surface area contributed by atoms with Crippen molar-refractivity contribution in [2.75, 3.05) is 53.2 Å². The van der Waals surface area contributed by atoms with Gasteiger partial charge in [0, 0.05) is 30.0 Å². The Balaban J connectivity index is 0.00000116. The van der Waals surface area contributed by atoms with E-state index in [1.807, 2.05) is 6.92 Å². The first-order valence-corrected chi connectivity index (χ1v) is 13.7. The van der Waals surface area contributed by atoms with Gasteiger partial charge in [0.25, 0.3) is 0 Å². The molecule has 0 fully saturated rings. The second-order valence-corrected chi connectivity index (χ2v) is 9.11. The van der Waals surface area contributed by atoms with Gasteiger partial charge < -0.3 is 39.8 Å². The second-order valence-electron chi connectivity index (χ2n) is 9.11. The molecule has 1 aromatic rings. The van der Waals surface area contributed by atoms with E-state index >= 15 is 0 Å². The molecule has 0 unspecified atom stereocenters. The Hall–Kier alpha value is -4.35. The molecule has 1 heterocycles. The number of halogens is 5. The van der Waals surface area contributed by atoms with Gasteiger partial charge in [-0.05, 0) is 26.8 Å². The molecule has 12 nitrogen and oxygen atoms in total. The van der Waals surface area contributed by atoms with E-state index in [9.17, 15) is 41.1 Å². The lowest BCUT2D eigenvalue weighted by Crippen LogP contribution is -2.36. The van der Waals surface area contributed by atoms with Gasteiger partial charge in [0.15, 0.2) is 23.3 Å². The predicted octanol–water partition coefficient (Wildman–Crippen LogP) is 3.08. The van der Waals surface area contributed by atoms with E-state index in [0.717, 1.165) is 20.1 Å². The summed E-state index contributed by atoms with van der Waals surface area (Å²) in [4.78, 5) is 44.7. The molecule has 2 rings (SSSR count). The second kappa shape index (κ2) is 19.9. The number of carboxylic acids is 2. The summed E-state index contributed by atoms with van der Waals surface area (Å²) in [5.74, 6) is -18.1. The highest BCUT2D eigenvalue weighted by atomic mass is 19.2. The molecule has 0 aromatic heterocycles. The van der Waals surface area contributed by atoms with Crippen LogP contribution in [0.1, 0.15) is 38.7 Å². The van der Waals surface area contributed by atoms with Crippen molar-refractivity contribution in [2.45, 2.75) is 33.1 Å². The van der Waals surface area contributed by atoms with Crippen LogP contribution < -0.4 is 10.6 Å². The fourth-order valence-electron chi connectivity index (χ4n) is 3.99. The minimum Gasteiger partial charge on any atom is -0.478 e. The Labute approximate surface area is 260 Å². The first-order valence-electron chi connectivity index (χ1n) is 13.7. The number of rotatable bonds is 16. The number of esters is 2. The van der Waals surface area contributed by atoms with Crippen LogP contribution >= 0.6 is 0 Å². The zero-order chi connectivity index (χ0) is 35.0. The molecule has 46 heavy (non-hydrogen) atoms. The number of hydrogen-bond acceptors (Lipinski definition) is 10. The van der Waals surface area contributed by atoms with Gasteiger partial charge in [0.2, 0.25) is 5.82 Å². The number of methoxy groups -OCH3 is 1. The summed E-state index contributed by atoms with van der Waals surface area (Å²) in [7, 11) is 0.961. The van der Waals surface area contributed by atoms with Crippen molar-refractivity contribution in [1.29, 1.82) is 0 Å². The van der Waals surface area contributed by atoms with Gasteiger partial charge >= 0.3 is 23.9 Å². The minimum absolute atomic E-state index is 0.0457. The monoisotopic (exact) mass is 666 g/mol. The molecule has 1 aromatic carbocycles. The van der Waals surface area contributed by atoms with Crippen molar-refractivity contribution in [2.24, 2.45) is 0 Å². The van der Waals surface area contributed by atoms with Crippen LogP contribution in [-0.4, -0.2) is 87.3 Å². The van der Waals surface area contributed by atoms with Crippen molar-refractivity contribution in [3.8, 4) is 0 Å². The molecule has 1 atom stereocenters. The molecule has 0 radical (unpaired) electrons. The van der Waals surface area contributed by atoms with E-state index in [1.165, 1.54) is 13.8 Å². The van der Waals surface area contributed by atoms with Gasteiger partial charge in [0.1, 0.15) is 0 Å². The van der Waals surface area contributed by atoms with Crippen molar-refractivity contribution in [3.63, 3.8) is 0 Å². The quantitative estimate of drug-likeness (QED) is 0.0509. The fourth-order valence-corrected chi connectivity index (χ4v) is 3.99. The predicted molar refractivity (Wildman–Crippen MR) is 150 cm³/mol. The van der Waals surface area contributed by atoms with Crippen LogP contribution in [0, 0.1) is 29.1 Å². The molecule has 4 N–H and O–H groups in total. The number of ether oxygens (including phenoxy) is 4. The van der Waals surface area contributed by atoms with E-state index in [2.05, 4.69) is 15.4 Å². The molecule has 0 saturated carbocycles. The number of carbonyl (C=O) groups excluding carboxylic acids is 2. The van der Waals surface area contributed by atoms with Crippen LogP contribution in [0.2, 0.25) is 0 Å². The number of hydrogen-bond donors (Lipinski definition) is 4. The normalized spacial score (nSPS) is 14.5. The summed E-state index contributed by atoms with van der Waals surface area (Å²) in [5, 5.41) is 21.5. The number of aliphatic carboxylic acids is 2. The smallest absolute Gasteiger partial charge is 0.336 e. The number of benzene rings is 1. The summed E-state index contributed by atoms with van der Waals surface area (Å²) >= 11 is 0. The van der Waals surface area contributed by atoms with E-state index in [0.29, 0.717) is 25.3 Å². The van der Waals surface area contributed by atoms with Gasteiger partial charge in [0.05, 0.1) is 62.9 Å². The summed E-state index contributed by atoms with van der Waals surface area (Å²) < 4.78 is 92.7. The summed E-state index contributed by atoms with van der Waals surface area (Å²) in [5.41, 5.74) is -2.63. The lowest BCUT2D eigenvalue weighted by Gasteiger charge is -2.31. The highest BCUT2D eigenvalue weighted by Gasteiger charge is 2.43. The first kappa shape index (κ1) is 39.7. The number of carbonyl (C=O) groups is 4. The van der Waals surface area contributed by atoms with Crippen LogP contribution in [0.3, 0.4) is 0 Å². The molecule has 17 heteroatoms. The van der Waals surface area contributed by atoms with Crippen LogP contribution in [0.5, 0.6) is 0 Å². The van der Waals surface area contributed by atoms with Crippen LogP contribution in [0.4, 0.5) is 22.0 Å². The summed E-state index contributed by atoms with van der Waals surface area (Å²) in [6.07, 6.45) is 2.09. The van der Waals surface area contributed by atoms with Crippen LogP contribution in [0.25, 0.3) is 0 Å². The Morgan fingerprint density at radius 1 is 0.804 bits per heavy atom. The van der Waals surface area contributed by atoms with E-state index in [1.54, 1.807) is 0 Å². The van der Waals surface area contributed by atoms with E-state index < -0.39 is 75.6 Å². The maximum atomic E-state index is 15.0. The number of dihydropyridines is 1. The molecular formula is C29H35F5N2O10. The molecule has 0 bridgehead atoms. The molecule has 0 amide bonds. The Morgan fingerprint density at radius 3 is 1.85 bits per heavy atom. The van der Waals surface area contributed by atoms with Crippen molar-refractivity contribution >= 4 is 23.9 Å². The van der Waals surface area contributed by atoms with Gasteiger partial charge in [-0.25, -0.2) is 41.1 Å². The average Bonchev–Trinajstić information content (AvgIpc) is 3.01. The Bertz CT molecular complexity index is 1320. The average molecular weight is 667 g/mol. The van der Waals surface area contributed by atoms with E-state index in [-0.39, 0.29) is 37.8 Å². The zero-order valence-corrected chi connectivity index (χ0v) is 25.4. The van der Waals surface area contributed by atoms with Crippen molar-refractivity contribution < 1.29 is 70.3 Å². The molecular weight excluding hydrogens is 631 g/mol. The lowest BCUT2D eigenvalue weighted by atomic mass is 9.79. The van der Waals surface area contributed by atoms with E-state index in [4.69, 9.17) is 24.4 Å². The molecule has 1 aliphatic heterocycles. The number of nitrogens with one attached hydrogen (secondary N) is 2. The largest absolute Gasteiger partial charge is 0.478 e. The SMILES string of the molecule is CCCNCCOCCOCC1=C(C(=O)OCC)[C@H](c2c(F)c(F)c(F)c(F)c2F)C(C(=O)OC)=C(C)N1.O=C(O)C=CC(=O)O. The standard InChI is InChI=1S/C25H31F5N2O6.C4H4O4/c1-5-7-31-8-9-36-10-11-37-12-14-16(25(34)38-6-2)17(15(13(3)32-14)24(33)35-4)18-19(26)21(28)23(30)22(29)20(18)27;5-3(6)1-2-4(7)8/h17,31-32H,5-12H2,1-4H3;1-2H,(H,5,6)(H,7,8)/t17-;/m1./s1.